The van der Waals surface area contributed by atoms with E-state index in [1.54, 1.807) is 0 Å². The fourth-order valence-electron chi connectivity index (χ4n) is 1.90. The third-order valence-corrected chi connectivity index (χ3v) is 2.88. The van der Waals surface area contributed by atoms with E-state index in [0.717, 1.165) is 25.9 Å². The molecule has 0 aliphatic carbocycles. The molecule has 1 saturated heterocycles. The van der Waals surface area contributed by atoms with Crippen LogP contribution in [0.4, 0.5) is 0 Å². The summed E-state index contributed by atoms with van der Waals surface area (Å²) in [6, 6.07) is -0.170. The van der Waals surface area contributed by atoms with Crippen LogP contribution < -0.4 is 5.32 Å². The molecular formula is C11H22N2O2. The molecule has 1 aliphatic heterocycles. The van der Waals surface area contributed by atoms with Crippen molar-refractivity contribution in [3.05, 3.63) is 0 Å². The number of rotatable bonds is 5. The summed E-state index contributed by atoms with van der Waals surface area (Å²) in [6.07, 6.45) is 2.35. The summed E-state index contributed by atoms with van der Waals surface area (Å²) in [7, 11) is 0. The van der Waals surface area contributed by atoms with Crippen molar-refractivity contribution in [1.29, 1.82) is 0 Å². The van der Waals surface area contributed by atoms with Gasteiger partial charge in [0.1, 0.15) is 0 Å². The van der Waals surface area contributed by atoms with Crippen molar-refractivity contribution in [2.75, 3.05) is 19.6 Å². The quantitative estimate of drug-likeness (QED) is 0.694. The Bertz CT molecular complexity index is 209. The van der Waals surface area contributed by atoms with Crippen molar-refractivity contribution >= 4 is 5.91 Å². The third kappa shape index (κ3) is 3.47. The molecule has 0 aromatic carbocycles. The van der Waals surface area contributed by atoms with Gasteiger partial charge in [-0.15, -0.1) is 0 Å². The van der Waals surface area contributed by atoms with E-state index < -0.39 is 0 Å². The number of hydrogen-bond acceptors (Lipinski definition) is 3. The van der Waals surface area contributed by atoms with Crippen molar-refractivity contribution in [3.8, 4) is 0 Å². The van der Waals surface area contributed by atoms with Gasteiger partial charge >= 0.3 is 0 Å². The van der Waals surface area contributed by atoms with Crippen molar-refractivity contribution < 1.29 is 9.90 Å². The second-order valence-electron chi connectivity index (χ2n) is 4.12. The number of likely N-dealkylation sites (N-methyl/N-ethyl adjacent to an activating group) is 1. The van der Waals surface area contributed by atoms with E-state index in [4.69, 9.17) is 0 Å². The van der Waals surface area contributed by atoms with Crippen LogP contribution in [0.5, 0.6) is 0 Å². The summed E-state index contributed by atoms with van der Waals surface area (Å²) in [5, 5.41) is 12.4. The molecule has 1 heterocycles. The highest BCUT2D eigenvalue weighted by molar-refractivity contribution is 5.82. The highest BCUT2D eigenvalue weighted by Gasteiger charge is 2.30. The average molecular weight is 214 g/mol. The molecule has 88 valence electrons. The molecule has 15 heavy (non-hydrogen) atoms. The predicted molar refractivity (Wildman–Crippen MR) is 59.6 cm³/mol. The molecule has 0 spiro atoms. The fraction of sp³-hybridized carbons (Fsp3) is 0.909. The van der Waals surface area contributed by atoms with E-state index in [9.17, 15) is 9.90 Å². The van der Waals surface area contributed by atoms with Crippen LogP contribution in [0.25, 0.3) is 0 Å². The fourth-order valence-corrected chi connectivity index (χ4v) is 1.90. The molecule has 1 rings (SSSR count). The largest absolute Gasteiger partial charge is 0.392 e. The van der Waals surface area contributed by atoms with Crippen LogP contribution in [0.15, 0.2) is 0 Å². The average Bonchev–Trinajstić information content (AvgIpc) is 2.65. The van der Waals surface area contributed by atoms with Gasteiger partial charge in [0.05, 0.1) is 12.1 Å². The number of aliphatic hydroxyl groups is 1. The Morgan fingerprint density at radius 3 is 2.73 bits per heavy atom. The third-order valence-electron chi connectivity index (χ3n) is 2.88. The summed E-state index contributed by atoms with van der Waals surface area (Å²) in [5.41, 5.74) is 0. The molecule has 2 atom stereocenters. The molecule has 0 saturated carbocycles. The first-order valence-corrected chi connectivity index (χ1v) is 5.89. The van der Waals surface area contributed by atoms with E-state index in [2.05, 4.69) is 12.2 Å². The Labute approximate surface area is 91.6 Å². The van der Waals surface area contributed by atoms with Crippen LogP contribution in [0.1, 0.15) is 33.1 Å². The molecule has 2 N–H and O–H groups in total. The molecular weight excluding hydrogens is 192 g/mol. The van der Waals surface area contributed by atoms with E-state index in [1.807, 2.05) is 11.8 Å². The zero-order chi connectivity index (χ0) is 11.3. The van der Waals surface area contributed by atoms with Crippen LogP contribution in [0.2, 0.25) is 0 Å². The van der Waals surface area contributed by atoms with Crippen LogP contribution in [0, 0.1) is 0 Å². The molecule has 1 unspecified atom stereocenters. The van der Waals surface area contributed by atoms with Gasteiger partial charge in [-0.05, 0) is 19.8 Å². The van der Waals surface area contributed by atoms with E-state index in [0.29, 0.717) is 13.0 Å². The Hall–Kier alpha value is -0.610. The molecule has 4 nitrogen and oxygen atoms in total. The number of nitrogens with zero attached hydrogens (tertiary/aromatic N) is 1. The maximum absolute atomic E-state index is 12.0. The number of carbonyl (C=O) groups is 1. The van der Waals surface area contributed by atoms with Gasteiger partial charge < -0.3 is 15.3 Å². The van der Waals surface area contributed by atoms with Crippen LogP contribution in [-0.4, -0.2) is 47.7 Å². The summed E-state index contributed by atoms with van der Waals surface area (Å²) in [6.45, 7) is 6.25. The van der Waals surface area contributed by atoms with Crippen LogP contribution >= 0.6 is 0 Å². The Kier molecular flexibility index (Phi) is 5.05. The number of unbranched alkanes of at least 4 members (excludes halogenated alkanes) is 1. The highest BCUT2D eigenvalue weighted by Crippen LogP contribution is 2.10. The van der Waals surface area contributed by atoms with Crippen molar-refractivity contribution in [3.63, 3.8) is 0 Å². The van der Waals surface area contributed by atoms with Crippen LogP contribution in [-0.2, 0) is 4.79 Å². The number of carbonyl (C=O) groups excluding carboxylic acids is 1. The lowest BCUT2D eigenvalue weighted by Gasteiger charge is -2.24. The number of β-amino-alcohol motifs (C(OH)–C–C–N with tert-alkyl or cyclic N) is 1. The minimum atomic E-state index is -0.358. The van der Waals surface area contributed by atoms with Gasteiger partial charge in [0.25, 0.3) is 0 Å². The normalized spacial score (nSPS) is 25.5. The van der Waals surface area contributed by atoms with E-state index >= 15 is 0 Å². The summed E-state index contributed by atoms with van der Waals surface area (Å²) in [5.74, 6) is 0.141. The van der Waals surface area contributed by atoms with Crippen molar-refractivity contribution in [2.45, 2.75) is 45.3 Å². The van der Waals surface area contributed by atoms with Gasteiger partial charge in [-0.25, -0.2) is 0 Å². The first-order valence-electron chi connectivity index (χ1n) is 5.89. The Morgan fingerprint density at radius 2 is 2.27 bits per heavy atom. The predicted octanol–water partition coefficient (Wildman–Crippen LogP) is 0.358. The molecule has 0 bridgehead atoms. The zero-order valence-corrected chi connectivity index (χ0v) is 9.70. The van der Waals surface area contributed by atoms with Crippen molar-refractivity contribution in [1.82, 2.24) is 10.2 Å². The topological polar surface area (TPSA) is 52.6 Å². The lowest BCUT2D eigenvalue weighted by Crippen LogP contribution is -2.43. The zero-order valence-electron chi connectivity index (χ0n) is 9.70. The smallest absolute Gasteiger partial charge is 0.239 e. The maximum atomic E-state index is 12.0. The molecule has 0 aromatic heterocycles. The van der Waals surface area contributed by atoms with Gasteiger partial charge in [-0.1, -0.05) is 13.3 Å². The second kappa shape index (κ2) is 6.08. The highest BCUT2D eigenvalue weighted by atomic mass is 16.3. The number of nitrogens with one attached hydrogen (secondary N) is 1. The molecule has 0 radical (unpaired) electrons. The first kappa shape index (κ1) is 12.5. The minimum Gasteiger partial charge on any atom is -0.392 e. The molecule has 1 fully saturated rings. The maximum Gasteiger partial charge on any atom is 0.239 e. The van der Waals surface area contributed by atoms with Gasteiger partial charge in [-0.2, -0.15) is 0 Å². The Morgan fingerprint density at radius 1 is 1.53 bits per heavy atom. The second-order valence-corrected chi connectivity index (χ2v) is 4.12. The van der Waals surface area contributed by atoms with Crippen LogP contribution in [0.3, 0.4) is 0 Å². The van der Waals surface area contributed by atoms with Gasteiger partial charge in [0, 0.05) is 19.6 Å². The SMILES string of the molecule is CCCCN(CC)C(=O)[C@@H]1CC(O)CN1. The van der Waals surface area contributed by atoms with Gasteiger partial charge in [-0.3, -0.25) is 4.79 Å². The monoisotopic (exact) mass is 214 g/mol. The standard InChI is InChI=1S/C11H22N2O2/c1-3-5-6-13(4-2)11(15)10-7-9(14)8-12-10/h9-10,12,14H,3-8H2,1-2H3/t9?,10-/m0/s1. The van der Waals surface area contributed by atoms with Gasteiger partial charge in [0.15, 0.2) is 0 Å². The van der Waals surface area contributed by atoms with E-state index in [1.165, 1.54) is 0 Å². The Balaban J connectivity index is 2.42. The molecule has 0 aromatic rings. The lowest BCUT2D eigenvalue weighted by atomic mass is 10.1. The number of amides is 1. The molecule has 1 aliphatic rings. The lowest BCUT2D eigenvalue weighted by molar-refractivity contribution is -0.133. The van der Waals surface area contributed by atoms with E-state index in [-0.39, 0.29) is 18.1 Å². The summed E-state index contributed by atoms with van der Waals surface area (Å²) >= 11 is 0. The molecule has 1 amide bonds. The summed E-state index contributed by atoms with van der Waals surface area (Å²) < 4.78 is 0. The van der Waals surface area contributed by atoms with Gasteiger partial charge in [0.2, 0.25) is 5.91 Å². The molecule has 4 heteroatoms. The first-order chi connectivity index (χ1) is 7.19. The minimum absolute atomic E-state index is 0.141. The summed E-state index contributed by atoms with van der Waals surface area (Å²) in [4.78, 5) is 13.9. The number of hydrogen-bond donors (Lipinski definition) is 2. The van der Waals surface area contributed by atoms with Crippen molar-refractivity contribution in [2.24, 2.45) is 0 Å². The number of aliphatic hydroxyl groups excluding tert-OH is 1.